The van der Waals surface area contributed by atoms with Crippen LogP contribution in [-0.2, 0) is 35.3 Å². The Hall–Kier alpha value is -2.74. The fourth-order valence-electron chi connectivity index (χ4n) is 6.81. The molecule has 0 radical (unpaired) electrons. The second-order valence-corrected chi connectivity index (χ2v) is 11.9. The van der Waals surface area contributed by atoms with Crippen LogP contribution >= 0.6 is 0 Å². The van der Waals surface area contributed by atoms with Crippen LogP contribution in [0.25, 0.3) is 0 Å². The zero-order valence-electron chi connectivity index (χ0n) is 23.6. The zero-order valence-corrected chi connectivity index (χ0v) is 23.6. The largest absolute Gasteiger partial charge is 0.494 e. The Morgan fingerprint density at radius 3 is 2.49 bits per heavy atom. The summed E-state index contributed by atoms with van der Waals surface area (Å²) in [6.45, 7) is 5.38. The molecule has 1 saturated carbocycles. The molecule has 2 fully saturated rings. The first-order valence-corrected chi connectivity index (χ1v) is 14.7. The van der Waals surface area contributed by atoms with Crippen molar-refractivity contribution in [1.82, 2.24) is 14.7 Å². The maximum absolute atomic E-state index is 14.0. The number of ether oxygens (including phenoxy) is 2. The van der Waals surface area contributed by atoms with Gasteiger partial charge in [0.2, 0.25) is 0 Å². The van der Waals surface area contributed by atoms with Crippen molar-refractivity contribution in [3.8, 4) is 5.75 Å². The monoisotopic (exact) mass is 539 g/mol. The number of ketones is 1. The normalized spacial score (nSPS) is 25.0. The molecule has 7 nitrogen and oxygen atoms in total. The van der Waals surface area contributed by atoms with E-state index in [-0.39, 0.29) is 42.0 Å². The number of carbonyl (C=O) groups excluding carboxylic acids is 2. The average molecular weight is 540 g/mol. The van der Waals surface area contributed by atoms with Gasteiger partial charge in [-0.25, -0.2) is 4.39 Å². The third-order valence-electron chi connectivity index (χ3n) is 8.78. The van der Waals surface area contributed by atoms with Gasteiger partial charge in [-0.05, 0) is 88.3 Å². The number of carbonyl (C=O) groups is 2. The van der Waals surface area contributed by atoms with E-state index >= 15 is 0 Å². The number of benzene rings is 1. The molecule has 1 aromatic carbocycles. The van der Waals surface area contributed by atoms with Gasteiger partial charge in [-0.3, -0.25) is 14.3 Å². The lowest BCUT2D eigenvalue weighted by Gasteiger charge is -2.35. The predicted octanol–water partition coefficient (Wildman–Crippen LogP) is 5.17. The van der Waals surface area contributed by atoms with Crippen LogP contribution in [0, 0.1) is 17.7 Å². The van der Waals surface area contributed by atoms with Gasteiger partial charge in [-0.2, -0.15) is 5.10 Å². The van der Waals surface area contributed by atoms with Crippen LogP contribution < -0.4 is 4.74 Å². The summed E-state index contributed by atoms with van der Waals surface area (Å²) in [5, 5.41) is 4.69. The van der Waals surface area contributed by atoms with Crippen LogP contribution in [0.1, 0.15) is 86.1 Å². The second-order valence-electron chi connectivity index (χ2n) is 11.9. The van der Waals surface area contributed by atoms with Crippen molar-refractivity contribution < 1.29 is 23.5 Å². The van der Waals surface area contributed by atoms with E-state index < -0.39 is 0 Å². The Morgan fingerprint density at radius 1 is 1.08 bits per heavy atom. The number of amides is 1. The molecule has 0 spiro atoms. The molecule has 2 aliphatic carbocycles. The van der Waals surface area contributed by atoms with E-state index in [2.05, 4.69) is 5.10 Å². The highest BCUT2D eigenvalue weighted by molar-refractivity contribution is 5.94. The maximum Gasteiger partial charge on any atom is 0.274 e. The first-order valence-electron chi connectivity index (χ1n) is 14.7. The Morgan fingerprint density at radius 2 is 1.79 bits per heavy atom. The van der Waals surface area contributed by atoms with E-state index in [9.17, 15) is 14.0 Å². The smallest absolute Gasteiger partial charge is 0.274 e. The number of rotatable bonds is 9. The molecule has 3 aliphatic rings. The molecule has 1 saturated heterocycles. The van der Waals surface area contributed by atoms with Gasteiger partial charge in [0.25, 0.3) is 5.91 Å². The first kappa shape index (κ1) is 27.8. The summed E-state index contributed by atoms with van der Waals surface area (Å²) in [6.07, 6.45) is 9.55. The van der Waals surface area contributed by atoms with Gasteiger partial charge in [-0.1, -0.05) is 18.9 Å². The number of methoxy groups -OCH3 is 1. The van der Waals surface area contributed by atoms with E-state index in [0.29, 0.717) is 37.0 Å². The fourth-order valence-corrected chi connectivity index (χ4v) is 6.81. The van der Waals surface area contributed by atoms with E-state index in [1.54, 1.807) is 12.1 Å². The quantitative estimate of drug-likeness (QED) is 0.440. The minimum absolute atomic E-state index is 0.00919. The third-order valence-corrected chi connectivity index (χ3v) is 8.78. The van der Waals surface area contributed by atoms with Crippen LogP contribution in [-0.4, -0.2) is 58.8 Å². The minimum Gasteiger partial charge on any atom is -0.494 e. The summed E-state index contributed by atoms with van der Waals surface area (Å²) in [5.41, 5.74) is 3.66. The molecule has 2 aromatic rings. The second kappa shape index (κ2) is 12.2. The van der Waals surface area contributed by atoms with E-state index in [0.717, 1.165) is 74.6 Å². The predicted molar refractivity (Wildman–Crippen MR) is 147 cm³/mol. The lowest BCUT2D eigenvalue weighted by molar-refractivity contribution is -0.120. The lowest BCUT2D eigenvalue weighted by atomic mass is 9.77. The number of hydrogen-bond acceptors (Lipinski definition) is 5. The van der Waals surface area contributed by atoms with Gasteiger partial charge in [-0.15, -0.1) is 0 Å². The molecule has 0 unspecified atom stereocenters. The summed E-state index contributed by atoms with van der Waals surface area (Å²) < 4.78 is 26.7. The molecule has 5 rings (SSSR count). The van der Waals surface area contributed by atoms with Crippen molar-refractivity contribution >= 4 is 11.7 Å². The fraction of sp³-hybridized carbons (Fsp3) is 0.645. The third kappa shape index (κ3) is 6.53. The highest BCUT2D eigenvalue weighted by Crippen LogP contribution is 2.34. The molecule has 2 atom stereocenters. The number of halogens is 1. The van der Waals surface area contributed by atoms with Gasteiger partial charge < -0.3 is 14.4 Å². The molecule has 212 valence electrons. The van der Waals surface area contributed by atoms with Crippen molar-refractivity contribution in [2.75, 3.05) is 20.2 Å². The molecule has 8 heteroatoms. The summed E-state index contributed by atoms with van der Waals surface area (Å²) in [7, 11) is 1.48. The Kier molecular flexibility index (Phi) is 8.70. The van der Waals surface area contributed by atoms with E-state index in [1.165, 1.54) is 7.11 Å². The molecule has 2 heterocycles. The van der Waals surface area contributed by atoms with Crippen LogP contribution in [0.5, 0.6) is 5.75 Å². The molecule has 1 amide bonds. The van der Waals surface area contributed by atoms with E-state index in [4.69, 9.17) is 9.47 Å². The molecule has 0 N–H and O–H groups in total. The van der Waals surface area contributed by atoms with Gasteiger partial charge in [0.15, 0.2) is 23.0 Å². The number of nitrogens with zero attached hydrogens (tertiary/aromatic N) is 3. The topological polar surface area (TPSA) is 73.7 Å². The molecule has 1 aromatic heterocycles. The van der Waals surface area contributed by atoms with Crippen LogP contribution in [0.15, 0.2) is 18.2 Å². The Balaban J connectivity index is 1.11. The van der Waals surface area contributed by atoms with E-state index in [1.807, 2.05) is 29.5 Å². The molecular formula is C31H42FN3O4. The number of morpholine rings is 1. The molecule has 39 heavy (non-hydrogen) atoms. The van der Waals surface area contributed by atoms with Crippen molar-refractivity contribution in [3.05, 3.63) is 46.5 Å². The number of hydrogen-bond donors (Lipinski definition) is 0. The number of Topliss-reactive ketones (excluding diaryl/α,β-unsaturated/α-hetero) is 1. The van der Waals surface area contributed by atoms with Crippen LogP contribution in [0.2, 0.25) is 0 Å². The van der Waals surface area contributed by atoms with Crippen molar-refractivity contribution in [2.45, 2.75) is 96.8 Å². The Labute approximate surface area is 231 Å². The summed E-state index contributed by atoms with van der Waals surface area (Å²) in [4.78, 5) is 28.2. The van der Waals surface area contributed by atoms with Gasteiger partial charge in [0, 0.05) is 30.8 Å². The standard InChI is InChI=1S/C31H42FN3O4/c1-20-17-34(18-21(2)39-20)31(37)30-26-5-4-6-28(26)35(33-30)19-25(36)13-11-22-7-9-23(10-8-22)15-24-12-14-29(38-3)27(32)16-24/h12,14,16,20-23H,4-11,13,15,17-19H2,1-3H3/t20-,21+,22?,23?. The Bertz CT molecular complexity index is 1180. The van der Waals surface area contributed by atoms with Crippen LogP contribution in [0.4, 0.5) is 4.39 Å². The van der Waals surface area contributed by atoms with Gasteiger partial charge >= 0.3 is 0 Å². The molecule has 0 bridgehead atoms. The van der Waals surface area contributed by atoms with Crippen LogP contribution in [0.3, 0.4) is 0 Å². The highest BCUT2D eigenvalue weighted by Gasteiger charge is 2.33. The summed E-state index contributed by atoms with van der Waals surface area (Å²) in [5.74, 6) is 1.27. The minimum atomic E-state index is -0.299. The van der Waals surface area contributed by atoms with Crippen molar-refractivity contribution in [3.63, 3.8) is 0 Å². The van der Waals surface area contributed by atoms with Crippen molar-refractivity contribution in [2.24, 2.45) is 11.8 Å². The molecular weight excluding hydrogens is 497 g/mol. The first-order chi connectivity index (χ1) is 18.8. The average Bonchev–Trinajstić information content (AvgIpc) is 3.51. The number of fused-ring (bicyclic) bond motifs is 1. The van der Waals surface area contributed by atoms with Crippen molar-refractivity contribution in [1.29, 1.82) is 0 Å². The number of aromatic nitrogens is 2. The maximum atomic E-state index is 14.0. The highest BCUT2D eigenvalue weighted by atomic mass is 19.1. The summed E-state index contributed by atoms with van der Waals surface area (Å²) in [6, 6.07) is 5.26. The summed E-state index contributed by atoms with van der Waals surface area (Å²) >= 11 is 0. The SMILES string of the molecule is COc1ccc(CC2CCC(CCC(=O)Cn3nc(C(=O)N4C[C@@H](C)O[C@@H](C)C4)c4c3CCC4)CC2)cc1F. The molecule has 1 aliphatic heterocycles. The van der Waals surface area contributed by atoms with Gasteiger partial charge in [0.05, 0.1) is 25.9 Å². The van der Waals surface area contributed by atoms with Gasteiger partial charge in [0.1, 0.15) is 0 Å². The lowest BCUT2D eigenvalue weighted by Crippen LogP contribution is -2.48. The zero-order chi connectivity index (χ0) is 27.5.